The van der Waals surface area contributed by atoms with Crippen LogP contribution in [0.4, 0.5) is 0 Å². The number of nitrogens with zero attached hydrogens (tertiary/aromatic N) is 2. The van der Waals surface area contributed by atoms with Crippen molar-refractivity contribution < 1.29 is 4.42 Å². The Balaban J connectivity index is 2.41. The van der Waals surface area contributed by atoms with Gasteiger partial charge in [-0.05, 0) is 23.7 Å². The average Bonchev–Trinajstić information content (AvgIpc) is 2.80. The molecule has 3 N–H and O–H groups in total. The minimum Gasteiger partial charge on any atom is -0.453 e. The van der Waals surface area contributed by atoms with Gasteiger partial charge in [-0.15, -0.1) is 0 Å². The number of aryl methyl sites for hydroxylation is 1. The molecule has 2 aromatic rings. The second-order valence-corrected chi connectivity index (χ2v) is 3.47. The van der Waals surface area contributed by atoms with Gasteiger partial charge in [0.1, 0.15) is 0 Å². The number of halogens is 1. The molecule has 2 rings (SSSR count). The van der Waals surface area contributed by atoms with E-state index in [4.69, 9.17) is 21.9 Å². The van der Waals surface area contributed by atoms with Gasteiger partial charge in [0.05, 0.1) is 18.0 Å². The number of hydrogen-bond acceptors (Lipinski definition) is 4. The first-order valence-corrected chi connectivity index (χ1v) is 4.78. The summed E-state index contributed by atoms with van der Waals surface area (Å²) in [6.45, 7) is 0. The normalized spacial score (nSPS) is 13.0. The zero-order valence-corrected chi connectivity index (χ0v) is 8.90. The first-order valence-electron chi connectivity index (χ1n) is 4.41. The third-order valence-electron chi connectivity index (χ3n) is 2.28. The highest BCUT2D eigenvalue weighted by Gasteiger charge is 2.20. The van der Waals surface area contributed by atoms with Gasteiger partial charge in [-0.25, -0.2) is 5.43 Å². The Morgan fingerprint density at radius 2 is 2.40 bits per heavy atom. The molecule has 0 saturated heterocycles. The molecule has 0 spiro atoms. The van der Waals surface area contributed by atoms with Gasteiger partial charge in [0.15, 0.2) is 5.22 Å². The summed E-state index contributed by atoms with van der Waals surface area (Å²) in [5.41, 5.74) is 4.39. The second kappa shape index (κ2) is 4.06. The van der Waals surface area contributed by atoms with E-state index in [-0.39, 0.29) is 6.04 Å². The summed E-state index contributed by atoms with van der Waals surface area (Å²) in [7, 11) is 1.84. The van der Waals surface area contributed by atoms with Crippen molar-refractivity contribution >= 4 is 11.6 Å². The Labute approximate surface area is 91.8 Å². The van der Waals surface area contributed by atoms with Crippen LogP contribution in [0.25, 0.3) is 0 Å². The van der Waals surface area contributed by atoms with Crippen molar-refractivity contribution in [1.29, 1.82) is 0 Å². The standard InChI is InChI=1S/C9H11ClN4O/c1-14-7(2-4-12-14)8(13-11)6-3-5-15-9(6)10/h2-5,8,13H,11H2,1H3. The maximum Gasteiger partial charge on any atom is 0.198 e. The highest BCUT2D eigenvalue weighted by molar-refractivity contribution is 6.29. The molecule has 1 unspecified atom stereocenters. The molecular formula is C9H11ClN4O. The van der Waals surface area contributed by atoms with Crippen LogP contribution in [0.5, 0.6) is 0 Å². The highest BCUT2D eigenvalue weighted by Crippen LogP contribution is 2.27. The summed E-state index contributed by atoms with van der Waals surface area (Å²) in [6.07, 6.45) is 3.23. The summed E-state index contributed by atoms with van der Waals surface area (Å²) >= 11 is 5.89. The van der Waals surface area contributed by atoms with Gasteiger partial charge < -0.3 is 4.42 Å². The Hall–Kier alpha value is -1.30. The van der Waals surface area contributed by atoms with Gasteiger partial charge >= 0.3 is 0 Å². The van der Waals surface area contributed by atoms with Crippen LogP contribution in [-0.2, 0) is 7.05 Å². The number of hydrazine groups is 1. The molecule has 80 valence electrons. The van der Waals surface area contributed by atoms with Crippen LogP contribution in [0.1, 0.15) is 17.3 Å². The molecule has 0 aliphatic heterocycles. The molecule has 0 aliphatic carbocycles. The first kappa shape index (κ1) is 10.2. The fourth-order valence-electron chi connectivity index (χ4n) is 1.51. The summed E-state index contributed by atoms with van der Waals surface area (Å²) in [5, 5.41) is 4.40. The van der Waals surface area contributed by atoms with E-state index in [0.717, 1.165) is 11.3 Å². The molecule has 6 heteroatoms. The SMILES string of the molecule is Cn1nccc1C(NN)c1ccoc1Cl. The fraction of sp³-hybridized carbons (Fsp3) is 0.222. The van der Waals surface area contributed by atoms with Crippen LogP contribution in [0, 0.1) is 0 Å². The monoisotopic (exact) mass is 226 g/mol. The van der Waals surface area contributed by atoms with Crippen LogP contribution in [0.15, 0.2) is 29.0 Å². The summed E-state index contributed by atoms with van der Waals surface area (Å²) < 4.78 is 6.76. The van der Waals surface area contributed by atoms with Crippen molar-refractivity contribution in [3.63, 3.8) is 0 Å². The zero-order valence-electron chi connectivity index (χ0n) is 8.14. The van der Waals surface area contributed by atoms with Crippen LogP contribution in [0.3, 0.4) is 0 Å². The van der Waals surface area contributed by atoms with Gasteiger partial charge in [-0.3, -0.25) is 10.5 Å². The molecule has 0 fully saturated rings. The van der Waals surface area contributed by atoms with Gasteiger partial charge in [0.2, 0.25) is 0 Å². The first-order chi connectivity index (χ1) is 7.24. The molecule has 1 atom stereocenters. The summed E-state index contributed by atoms with van der Waals surface area (Å²) in [4.78, 5) is 0. The largest absolute Gasteiger partial charge is 0.453 e. The molecule has 0 saturated carbocycles. The van der Waals surface area contributed by atoms with E-state index in [9.17, 15) is 0 Å². The van der Waals surface area contributed by atoms with E-state index >= 15 is 0 Å². The average molecular weight is 227 g/mol. The lowest BCUT2D eigenvalue weighted by molar-refractivity contribution is 0.542. The van der Waals surface area contributed by atoms with Gasteiger partial charge in [0.25, 0.3) is 0 Å². The quantitative estimate of drug-likeness (QED) is 0.610. The Morgan fingerprint density at radius 3 is 2.87 bits per heavy atom. The van der Waals surface area contributed by atoms with Crippen LogP contribution in [-0.4, -0.2) is 9.78 Å². The molecule has 0 aliphatic rings. The molecule has 0 aromatic carbocycles. The van der Waals surface area contributed by atoms with E-state index in [1.807, 2.05) is 13.1 Å². The lowest BCUT2D eigenvalue weighted by atomic mass is 10.1. The van der Waals surface area contributed by atoms with Crippen molar-refractivity contribution in [3.8, 4) is 0 Å². The Bertz CT molecular complexity index is 410. The van der Waals surface area contributed by atoms with E-state index in [1.165, 1.54) is 6.26 Å². The lowest BCUT2D eigenvalue weighted by Gasteiger charge is -2.14. The third-order valence-corrected chi connectivity index (χ3v) is 2.59. The van der Waals surface area contributed by atoms with E-state index in [2.05, 4.69) is 10.5 Å². The number of furan rings is 1. The molecule has 0 bridgehead atoms. The highest BCUT2D eigenvalue weighted by atomic mass is 35.5. The van der Waals surface area contributed by atoms with E-state index in [1.54, 1.807) is 16.9 Å². The minimum absolute atomic E-state index is 0.219. The Kier molecular flexibility index (Phi) is 2.77. The maximum atomic E-state index is 5.89. The van der Waals surface area contributed by atoms with Crippen molar-refractivity contribution in [1.82, 2.24) is 15.2 Å². The number of nitrogens with two attached hydrogens (primary N) is 1. The number of hydrogen-bond donors (Lipinski definition) is 2. The molecule has 0 amide bonds. The fourth-order valence-corrected chi connectivity index (χ4v) is 1.74. The smallest absolute Gasteiger partial charge is 0.198 e. The second-order valence-electron chi connectivity index (χ2n) is 3.13. The molecule has 2 heterocycles. The molecule has 2 aromatic heterocycles. The summed E-state index contributed by atoms with van der Waals surface area (Å²) in [6, 6.07) is 3.43. The van der Waals surface area contributed by atoms with Crippen LogP contribution < -0.4 is 11.3 Å². The lowest BCUT2D eigenvalue weighted by Crippen LogP contribution is -2.30. The molecular weight excluding hydrogens is 216 g/mol. The topological polar surface area (TPSA) is 69.0 Å². The third kappa shape index (κ3) is 1.77. The van der Waals surface area contributed by atoms with E-state index < -0.39 is 0 Å². The van der Waals surface area contributed by atoms with Gasteiger partial charge in [-0.2, -0.15) is 5.10 Å². The molecule has 15 heavy (non-hydrogen) atoms. The number of rotatable bonds is 3. The minimum atomic E-state index is -0.219. The predicted molar refractivity (Wildman–Crippen MR) is 56.1 cm³/mol. The van der Waals surface area contributed by atoms with Crippen molar-refractivity contribution in [2.45, 2.75) is 6.04 Å². The van der Waals surface area contributed by atoms with E-state index in [0.29, 0.717) is 5.22 Å². The summed E-state index contributed by atoms with van der Waals surface area (Å²) in [5.74, 6) is 5.50. The van der Waals surface area contributed by atoms with Gasteiger partial charge in [-0.1, -0.05) is 0 Å². The Morgan fingerprint density at radius 1 is 1.60 bits per heavy atom. The molecule has 5 nitrogen and oxygen atoms in total. The van der Waals surface area contributed by atoms with Crippen molar-refractivity contribution in [2.24, 2.45) is 12.9 Å². The van der Waals surface area contributed by atoms with Crippen molar-refractivity contribution in [3.05, 3.63) is 41.1 Å². The number of aromatic nitrogens is 2. The number of nitrogens with one attached hydrogen (secondary N) is 1. The van der Waals surface area contributed by atoms with Crippen LogP contribution in [0.2, 0.25) is 5.22 Å². The predicted octanol–water partition coefficient (Wildman–Crippen LogP) is 1.22. The maximum absolute atomic E-state index is 5.89. The van der Waals surface area contributed by atoms with Crippen molar-refractivity contribution in [2.75, 3.05) is 0 Å². The molecule has 0 radical (unpaired) electrons. The van der Waals surface area contributed by atoms with Gasteiger partial charge in [0, 0.05) is 18.8 Å². The van der Waals surface area contributed by atoms with Crippen LogP contribution >= 0.6 is 11.6 Å². The zero-order chi connectivity index (χ0) is 10.8.